The maximum Gasteiger partial charge on any atom is 0.251 e. The summed E-state index contributed by atoms with van der Waals surface area (Å²) in [7, 11) is 1.76. The molecule has 1 fully saturated rings. The molecule has 1 aromatic rings. The van der Waals surface area contributed by atoms with Crippen LogP contribution in [-0.2, 0) is 4.79 Å². The summed E-state index contributed by atoms with van der Waals surface area (Å²) < 4.78 is 0.886. The molecule has 2 amide bonds. The van der Waals surface area contributed by atoms with E-state index in [1.165, 1.54) is 0 Å². The van der Waals surface area contributed by atoms with E-state index in [1.807, 2.05) is 12.1 Å². The Bertz CT molecular complexity index is 680. The number of nitrogens with one attached hydrogen (secondary N) is 2. The van der Waals surface area contributed by atoms with Crippen LogP contribution in [-0.4, -0.2) is 55.9 Å². The number of halogens is 1. The molecule has 2 rings (SSSR count). The molecule has 1 unspecified atom stereocenters. The second kappa shape index (κ2) is 10.9. The summed E-state index contributed by atoms with van der Waals surface area (Å²) in [5, 5.41) is 6.26. The van der Waals surface area contributed by atoms with E-state index >= 15 is 0 Å². The number of guanidine groups is 1. The molecule has 1 aliphatic heterocycles. The minimum Gasteiger partial charge on any atom is -0.370 e. The van der Waals surface area contributed by atoms with Crippen LogP contribution >= 0.6 is 15.9 Å². The Kier molecular flexibility index (Phi) is 8.57. The average Bonchev–Trinajstić information content (AvgIpc) is 2.64. The Hall–Kier alpha value is -2.09. The SMILES string of the molecule is CN=C(NCCCNC(=O)c1cccc(Br)c1)N1CCCC(CC(N)=O)C1. The molecule has 0 aromatic heterocycles. The number of amides is 2. The number of piperidine rings is 1. The lowest BCUT2D eigenvalue weighted by Crippen LogP contribution is -2.47. The van der Waals surface area contributed by atoms with E-state index in [0.29, 0.717) is 31.0 Å². The van der Waals surface area contributed by atoms with Crippen LogP contribution in [0.3, 0.4) is 0 Å². The Balaban J connectivity index is 1.70. The molecular weight excluding hydrogens is 410 g/mol. The molecule has 148 valence electrons. The van der Waals surface area contributed by atoms with Gasteiger partial charge < -0.3 is 21.3 Å². The van der Waals surface area contributed by atoms with Crippen LogP contribution in [0.2, 0.25) is 0 Å². The number of hydrogen-bond acceptors (Lipinski definition) is 3. The maximum atomic E-state index is 12.1. The van der Waals surface area contributed by atoms with Gasteiger partial charge in [0.2, 0.25) is 5.91 Å². The standard InChI is InChI=1S/C19H28BrN5O2/c1-22-19(25-10-3-5-14(13-25)11-17(21)26)24-9-4-8-23-18(27)15-6-2-7-16(20)12-15/h2,6-7,12,14H,3-5,8-11,13H2,1H3,(H2,21,26)(H,22,24)(H,23,27). The van der Waals surface area contributed by atoms with Gasteiger partial charge in [-0.3, -0.25) is 14.6 Å². The number of nitrogens with two attached hydrogens (primary N) is 1. The van der Waals surface area contributed by atoms with Crippen LogP contribution in [0.5, 0.6) is 0 Å². The first-order chi connectivity index (χ1) is 13.0. The molecule has 7 nitrogen and oxygen atoms in total. The van der Waals surface area contributed by atoms with Crippen molar-refractivity contribution in [3.05, 3.63) is 34.3 Å². The highest BCUT2D eigenvalue weighted by Crippen LogP contribution is 2.19. The third kappa shape index (κ3) is 7.21. The van der Waals surface area contributed by atoms with Crippen LogP contribution in [0.25, 0.3) is 0 Å². The molecule has 8 heteroatoms. The van der Waals surface area contributed by atoms with E-state index in [2.05, 4.69) is 36.5 Å². The number of rotatable bonds is 7. The first kappa shape index (κ1) is 21.2. The van der Waals surface area contributed by atoms with Crippen molar-refractivity contribution in [1.82, 2.24) is 15.5 Å². The number of hydrogen-bond donors (Lipinski definition) is 3. The lowest BCUT2D eigenvalue weighted by Gasteiger charge is -2.34. The van der Waals surface area contributed by atoms with Gasteiger partial charge in [-0.1, -0.05) is 22.0 Å². The van der Waals surface area contributed by atoms with Crippen molar-refractivity contribution in [3.8, 4) is 0 Å². The van der Waals surface area contributed by atoms with Crippen LogP contribution < -0.4 is 16.4 Å². The Labute approximate surface area is 168 Å². The molecule has 1 atom stereocenters. The van der Waals surface area contributed by atoms with E-state index in [0.717, 1.165) is 42.8 Å². The van der Waals surface area contributed by atoms with Crippen molar-refractivity contribution in [3.63, 3.8) is 0 Å². The number of aliphatic imine (C=N–C) groups is 1. The summed E-state index contributed by atoms with van der Waals surface area (Å²) in [5.41, 5.74) is 5.97. The average molecular weight is 438 g/mol. The fourth-order valence-electron chi connectivity index (χ4n) is 3.26. The monoisotopic (exact) mass is 437 g/mol. The molecule has 0 saturated carbocycles. The molecule has 1 aliphatic rings. The van der Waals surface area contributed by atoms with Crippen molar-refractivity contribution in [2.24, 2.45) is 16.6 Å². The smallest absolute Gasteiger partial charge is 0.251 e. The molecule has 4 N–H and O–H groups in total. The van der Waals surface area contributed by atoms with Gasteiger partial charge in [0.25, 0.3) is 5.91 Å². The Morgan fingerprint density at radius 3 is 2.81 bits per heavy atom. The van der Waals surface area contributed by atoms with Gasteiger partial charge >= 0.3 is 0 Å². The van der Waals surface area contributed by atoms with E-state index in [9.17, 15) is 9.59 Å². The number of carbonyl (C=O) groups is 2. The predicted molar refractivity (Wildman–Crippen MR) is 111 cm³/mol. The summed E-state index contributed by atoms with van der Waals surface area (Å²) in [6.07, 6.45) is 3.27. The highest BCUT2D eigenvalue weighted by molar-refractivity contribution is 9.10. The van der Waals surface area contributed by atoms with Gasteiger partial charge in [-0.25, -0.2) is 0 Å². The number of primary amides is 1. The van der Waals surface area contributed by atoms with Gasteiger partial charge in [0.15, 0.2) is 5.96 Å². The van der Waals surface area contributed by atoms with Gasteiger partial charge in [0, 0.05) is 49.7 Å². The summed E-state index contributed by atoms with van der Waals surface area (Å²) in [4.78, 5) is 29.8. The lowest BCUT2D eigenvalue weighted by molar-refractivity contribution is -0.119. The molecule has 0 spiro atoms. The van der Waals surface area contributed by atoms with Gasteiger partial charge in [0.05, 0.1) is 0 Å². The summed E-state index contributed by atoms with van der Waals surface area (Å²) >= 11 is 3.37. The Morgan fingerprint density at radius 1 is 1.33 bits per heavy atom. The van der Waals surface area contributed by atoms with Crippen LogP contribution in [0.15, 0.2) is 33.7 Å². The van der Waals surface area contributed by atoms with E-state index < -0.39 is 0 Å². The molecule has 1 heterocycles. The molecule has 1 aromatic carbocycles. The number of carbonyl (C=O) groups excluding carboxylic acids is 2. The van der Waals surface area contributed by atoms with Gasteiger partial charge in [-0.2, -0.15) is 0 Å². The Morgan fingerprint density at radius 2 is 2.11 bits per heavy atom. The first-order valence-electron chi connectivity index (χ1n) is 9.27. The summed E-state index contributed by atoms with van der Waals surface area (Å²) in [5.74, 6) is 0.804. The van der Waals surface area contributed by atoms with Crippen LogP contribution in [0, 0.1) is 5.92 Å². The van der Waals surface area contributed by atoms with Crippen molar-refractivity contribution in [1.29, 1.82) is 0 Å². The molecule has 1 saturated heterocycles. The topological polar surface area (TPSA) is 99.8 Å². The summed E-state index contributed by atoms with van der Waals surface area (Å²) in [6, 6.07) is 7.32. The molecule has 0 bridgehead atoms. The quantitative estimate of drug-likeness (QED) is 0.343. The van der Waals surface area contributed by atoms with Gasteiger partial charge in [-0.15, -0.1) is 0 Å². The lowest BCUT2D eigenvalue weighted by atomic mass is 9.95. The maximum absolute atomic E-state index is 12.1. The van der Waals surface area contributed by atoms with E-state index in [1.54, 1.807) is 19.2 Å². The number of nitrogens with zero attached hydrogens (tertiary/aromatic N) is 2. The molecule has 0 radical (unpaired) electrons. The fourth-order valence-corrected chi connectivity index (χ4v) is 3.66. The van der Waals surface area contributed by atoms with E-state index in [4.69, 9.17) is 5.73 Å². The van der Waals surface area contributed by atoms with Crippen molar-refractivity contribution in [2.45, 2.75) is 25.7 Å². The fraction of sp³-hybridized carbons (Fsp3) is 0.526. The third-order valence-corrected chi connectivity index (χ3v) is 5.02. The van der Waals surface area contributed by atoms with Gasteiger partial charge in [0.1, 0.15) is 0 Å². The minimum atomic E-state index is -0.244. The normalized spacial score (nSPS) is 17.5. The highest BCUT2D eigenvalue weighted by atomic mass is 79.9. The van der Waals surface area contributed by atoms with Crippen LogP contribution in [0.1, 0.15) is 36.0 Å². The van der Waals surface area contributed by atoms with Crippen molar-refractivity contribution >= 4 is 33.7 Å². The van der Waals surface area contributed by atoms with Crippen molar-refractivity contribution < 1.29 is 9.59 Å². The third-order valence-electron chi connectivity index (χ3n) is 4.53. The zero-order valence-corrected chi connectivity index (χ0v) is 17.3. The predicted octanol–water partition coefficient (Wildman–Crippen LogP) is 1.73. The number of benzene rings is 1. The van der Waals surface area contributed by atoms with Crippen molar-refractivity contribution in [2.75, 3.05) is 33.2 Å². The molecule has 27 heavy (non-hydrogen) atoms. The van der Waals surface area contributed by atoms with Gasteiger partial charge in [-0.05, 0) is 43.4 Å². The minimum absolute atomic E-state index is 0.0778. The largest absolute Gasteiger partial charge is 0.370 e. The highest BCUT2D eigenvalue weighted by Gasteiger charge is 2.23. The van der Waals surface area contributed by atoms with E-state index in [-0.39, 0.29) is 11.8 Å². The summed E-state index contributed by atoms with van der Waals surface area (Å²) in [6.45, 7) is 3.01. The molecular formula is C19H28BrN5O2. The van der Waals surface area contributed by atoms with Crippen LogP contribution in [0.4, 0.5) is 0 Å². The second-order valence-corrected chi connectivity index (χ2v) is 7.63. The number of likely N-dealkylation sites (tertiary alicyclic amines) is 1. The second-order valence-electron chi connectivity index (χ2n) is 6.72. The first-order valence-corrected chi connectivity index (χ1v) is 10.1. The zero-order chi connectivity index (χ0) is 19.6. The molecule has 0 aliphatic carbocycles. The zero-order valence-electron chi connectivity index (χ0n) is 15.7.